The number of nitrogens with one attached hydrogen (secondary N) is 1. The maximum absolute atomic E-state index is 12.0. The molecule has 0 heterocycles. The Bertz CT molecular complexity index is 366. The summed E-state index contributed by atoms with van der Waals surface area (Å²) in [6.07, 6.45) is 0.150. The summed E-state index contributed by atoms with van der Waals surface area (Å²) < 4.78 is 5.23. The predicted molar refractivity (Wildman–Crippen MR) is 91.2 cm³/mol. The average molecular weight is 380 g/mol. The largest absolute Gasteiger partial charge is 0.444 e. The first-order valence-electron chi connectivity index (χ1n) is 7.82. The lowest BCUT2D eigenvalue weighted by Gasteiger charge is -2.30. The van der Waals surface area contributed by atoms with E-state index in [-0.39, 0.29) is 22.9 Å². The molecule has 0 bridgehead atoms. The van der Waals surface area contributed by atoms with Crippen LogP contribution in [0.1, 0.15) is 60.8 Å². The second-order valence-corrected chi connectivity index (χ2v) is 8.05. The highest BCUT2D eigenvalue weighted by molar-refractivity contribution is 9.09. The highest BCUT2D eigenvalue weighted by atomic mass is 79.9. The molecule has 0 unspecified atom stereocenters. The van der Waals surface area contributed by atoms with Crippen molar-refractivity contribution in [1.82, 2.24) is 5.32 Å². The van der Waals surface area contributed by atoms with Crippen LogP contribution in [0.25, 0.3) is 0 Å². The molecule has 22 heavy (non-hydrogen) atoms. The molecule has 0 rings (SSSR count). The number of Topliss-reactive ketones (excluding diaryl/α,β-unsaturated/α-hetero) is 1. The summed E-state index contributed by atoms with van der Waals surface area (Å²) in [6, 6.07) is -0.572. The number of carbonyl (C=O) groups excluding carboxylic acids is 2. The van der Waals surface area contributed by atoms with Gasteiger partial charge in [-0.3, -0.25) is 4.79 Å². The summed E-state index contributed by atoms with van der Waals surface area (Å²) in [7, 11) is 0. The lowest BCUT2D eigenvalue weighted by molar-refractivity contribution is -0.124. The fourth-order valence-electron chi connectivity index (χ4n) is 1.90. The zero-order chi connectivity index (χ0) is 17.5. The number of hydrogen-bond donors (Lipinski definition) is 2. The Morgan fingerprint density at radius 3 is 2.23 bits per heavy atom. The van der Waals surface area contributed by atoms with Gasteiger partial charge in [-0.25, -0.2) is 4.79 Å². The van der Waals surface area contributed by atoms with Crippen LogP contribution in [0.5, 0.6) is 0 Å². The van der Waals surface area contributed by atoms with Crippen molar-refractivity contribution in [2.45, 2.75) is 83.4 Å². The zero-order valence-electron chi connectivity index (χ0n) is 14.5. The number of aliphatic hydroxyl groups excluding tert-OH is 1. The van der Waals surface area contributed by atoms with Gasteiger partial charge in [0.05, 0.1) is 12.1 Å². The molecule has 0 saturated carbocycles. The monoisotopic (exact) mass is 379 g/mol. The summed E-state index contributed by atoms with van der Waals surface area (Å²) in [5, 5.41) is 13.0. The molecule has 0 fully saturated rings. The Labute approximate surface area is 142 Å². The quantitative estimate of drug-likeness (QED) is 0.633. The second kappa shape index (κ2) is 9.50. The molecular weight excluding hydrogens is 350 g/mol. The molecular formula is C16H30BrNO4. The molecule has 130 valence electrons. The summed E-state index contributed by atoms with van der Waals surface area (Å²) >= 11 is 3.50. The molecule has 0 aromatic carbocycles. The lowest BCUT2D eigenvalue weighted by Crippen LogP contribution is -2.51. The number of aliphatic hydroxyl groups is 1. The van der Waals surface area contributed by atoms with E-state index in [0.717, 1.165) is 12.8 Å². The van der Waals surface area contributed by atoms with Gasteiger partial charge >= 0.3 is 6.09 Å². The smallest absolute Gasteiger partial charge is 0.407 e. The van der Waals surface area contributed by atoms with Gasteiger partial charge in [0.1, 0.15) is 11.4 Å². The number of hydrogen-bond acceptors (Lipinski definition) is 4. The Morgan fingerprint density at radius 2 is 1.82 bits per heavy atom. The lowest BCUT2D eigenvalue weighted by atomic mass is 9.96. The van der Waals surface area contributed by atoms with Crippen LogP contribution in [0.3, 0.4) is 0 Å². The SMILES string of the molecule is CCC[C@H](Br)[C@H](NC(=O)OC(C)(C)C)[C@H](O)CC(=O)C(C)C. The number of ketones is 1. The van der Waals surface area contributed by atoms with Gasteiger partial charge in [-0.1, -0.05) is 43.1 Å². The summed E-state index contributed by atoms with van der Waals surface area (Å²) in [5.41, 5.74) is -0.611. The molecule has 0 spiro atoms. The minimum Gasteiger partial charge on any atom is -0.444 e. The third kappa shape index (κ3) is 8.73. The van der Waals surface area contributed by atoms with Crippen molar-refractivity contribution in [2.24, 2.45) is 5.92 Å². The molecule has 5 nitrogen and oxygen atoms in total. The van der Waals surface area contributed by atoms with E-state index in [1.54, 1.807) is 34.6 Å². The van der Waals surface area contributed by atoms with E-state index in [0.29, 0.717) is 0 Å². The van der Waals surface area contributed by atoms with E-state index in [4.69, 9.17) is 4.74 Å². The van der Waals surface area contributed by atoms with Crippen LogP contribution in [0, 0.1) is 5.92 Å². The molecule has 1 amide bonds. The van der Waals surface area contributed by atoms with Gasteiger partial charge in [-0.05, 0) is 27.2 Å². The van der Waals surface area contributed by atoms with Gasteiger partial charge in [0.2, 0.25) is 0 Å². The first-order valence-corrected chi connectivity index (χ1v) is 8.73. The standard InChI is InChI=1S/C16H30BrNO4/c1-7-8-11(17)14(13(20)9-12(19)10(2)3)18-15(21)22-16(4,5)6/h10-11,13-14,20H,7-9H2,1-6H3,(H,18,21)/t11-,13+,14-/m0/s1. The Hall–Kier alpha value is -0.620. The highest BCUT2D eigenvalue weighted by Gasteiger charge is 2.31. The van der Waals surface area contributed by atoms with Crippen LogP contribution >= 0.6 is 15.9 Å². The minimum atomic E-state index is -0.946. The normalized spacial score (nSPS) is 16.0. The van der Waals surface area contributed by atoms with Gasteiger partial charge in [-0.15, -0.1) is 0 Å². The van der Waals surface area contributed by atoms with Crippen molar-refractivity contribution in [3.8, 4) is 0 Å². The number of amides is 1. The molecule has 0 aromatic rings. The number of alkyl halides is 1. The van der Waals surface area contributed by atoms with E-state index in [2.05, 4.69) is 21.2 Å². The molecule has 0 aromatic heterocycles. The van der Waals surface area contributed by atoms with Gasteiger partial charge in [-0.2, -0.15) is 0 Å². The number of ether oxygens (including phenoxy) is 1. The fraction of sp³-hybridized carbons (Fsp3) is 0.875. The fourth-order valence-corrected chi connectivity index (χ4v) is 2.84. The Morgan fingerprint density at radius 1 is 1.27 bits per heavy atom. The van der Waals surface area contributed by atoms with Crippen molar-refractivity contribution < 1.29 is 19.4 Å². The van der Waals surface area contributed by atoms with Gasteiger partial charge in [0, 0.05) is 17.2 Å². The number of carbonyl (C=O) groups is 2. The molecule has 0 radical (unpaired) electrons. The Kier molecular flexibility index (Phi) is 9.24. The third-order valence-corrected chi connectivity index (χ3v) is 4.13. The van der Waals surface area contributed by atoms with Crippen LogP contribution in [0.2, 0.25) is 0 Å². The first-order chi connectivity index (χ1) is 9.97. The topological polar surface area (TPSA) is 75.6 Å². The maximum Gasteiger partial charge on any atom is 0.407 e. The van der Waals surface area contributed by atoms with Gasteiger partial charge in [0.15, 0.2) is 0 Å². The predicted octanol–water partition coefficient (Wildman–Crippen LogP) is 3.42. The van der Waals surface area contributed by atoms with Crippen molar-refractivity contribution in [3.05, 3.63) is 0 Å². The Balaban J connectivity index is 4.89. The molecule has 0 aliphatic carbocycles. The van der Waals surface area contributed by atoms with Crippen molar-refractivity contribution in [1.29, 1.82) is 0 Å². The summed E-state index contributed by atoms with van der Waals surface area (Å²) in [4.78, 5) is 23.7. The number of alkyl carbamates (subject to hydrolysis) is 1. The van der Waals surface area contributed by atoms with Crippen LogP contribution in [0.15, 0.2) is 0 Å². The van der Waals surface area contributed by atoms with E-state index in [9.17, 15) is 14.7 Å². The molecule has 3 atom stereocenters. The van der Waals surface area contributed by atoms with Crippen LogP contribution < -0.4 is 5.32 Å². The maximum atomic E-state index is 12.0. The second-order valence-electron chi connectivity index (χ2n) is 6.87. The highest BCUT2D eigenvalue weighted by Crippen LogP contribution is 2.19. The molecule has 0 aliphatic heterocycles. The minimum absolute atomic E-state index is 0.0178. The summed E-state index contributed by atoms with van der Waals surface area (Å²) in [5.74, 6) is -0.170. The molecule has 2 N–H and O–H groups in total. The van der Waals surface area contributed by atoms with E-state index >= 15 is 0 Å². The van der Waals surface area contributed by atoms with E-state index in [1.165, 1.54) is 0 Å². The van der Waals surface area contributed by atoms with E-state index < -0.39 is 23.8 Å². The molecule has 6 heteroatoms. The molecule has 0 saturated heterocycles. The van der Waals surface area contributed by atoms with E-state index in [1.807, 2.05) is 6.92 Å². The summed E-state index contributed by atoms with van der Waals surface area (Å²) in [6.45, 7) is 10.9. The van der Waals surface area contributed by atoms with Crippen LogP contribution in [0.4, 0.5) is 4.79 Å². The van der Waals surface area contributed by atoms with Gasteiger partial charge in [0.25, 0.3) is 0 Å². The van der Waals surface area contributed by atoms with Crippen molar-refractivity contribution in [2.75, 3.05) is 0 Å². The average Bonchev–Trinajstić information content (AvgIpc) is 2.33. The van der Waals surface area contributed by atoms with Crippen LogP contribution in [-0.2, 0) is 9.53 Å². The molecule has 0 aliphatic rings. The van der Waals surface area contributed by atoms with Crippen LogP contribution in [-0.4, -0.2) is 39.6 Å². The number of halogens is 1. The third-order valence-electron chi connectivity index (χ3n) is 3.11. The van der Waals surface area contributed by atoms with Gasteiger partial charge < -0.3 is 15.2 Å². The first kappa shape index (κ1) is 21.4. The number of rotatable bonds is 8. The van der Waals surface area contributed by atoms with Crippen molar-refractivity contribution in [3.63, 3.8) is 0 Å². The van der Waals surface area contributed by atoms with Crippen molar-refractivity contribution >= 4 is 27.8 Å². The zero-order valence-corrected chi connectivity index (χ0v) is 16.1.